The number of nitrogens with zero attached hydrogens (tertiary/aromatic N) is 2. The Labute approximate surface area is 172 Å². The molecule has 6 heteroatoms. The number of amides is 1. The molecule has 1 aromatic heterocycles. The van der Waals surface area contributed by atoms with E-state index in [1.807, 2.05) is 19.1 Å². The van der Waals surface area contributed by atoms with Crippen molar-refractivity contribution in [2.24, 2.45) is 0 Å². The summed E-state index contributed by atoms with van der Waals surface area (Å²) < 4.78 is 0. The summed E-state index contributed by atoms with van der Waals surface area (Å²) in [6.45, 7) is 1.92. The molecule has 0 spiro atoms. The Morgan fingerprint density at radius 2 is 1.69 bits per heavy atom. The van der Waals surface area contributed by atoms with Crippen LogP contribution in [0.2, 0.25) is 5.02 Å². The first-order valence-corrected chi connectivity index (χ1v) is 9.40. The van der Waals surface area contributed by atoms with Crippen molar-refractivity contribution in [2.45, 2.75) is 13.0 Å². The molecule has 1 atom stereocenters. The van der Waals surface area contributed by atoms with Gasteiger partial charge in [-0.25, -0.2) is 4.98 Å². The Hall–Kier alpha value is -3.44. The number of aryl methyl sites for hydroxylation is 1. The zero-order valence-electron chi connectivity index (χ0n) is 15.5. The minimum Gasteiger partial charge on any atom is -0.507 e. The van der Waals surface area contributed by atoms with Crippen LogP contribution in [0.25, 0.3) is 5.76 Å². The molecule has 1 amide bonds. The largest absolute Gasteiger partial charge is 0.507 e. The predicted octanol–water partition coefficient (Wildman–Crippen LogP) is 4.67. The van der Waals surface area contributed by atoms with E-state index in [0.717, 1.165) is 5.56 Å². The number of Topliss-reactive ketones (excluding diaryl/α,β-unsaturated/α-hetero) is 1. The molecular weight excluding hydrogens is 388 g/mol. The first kappa shape index (κ1) is 18.9. The summed E-state index contributed by atoms with van der Waals surface area (Å²) >= 11 is 6.42. The number of ketones is 1. The van der Waals surface area contributed by atoms with E-state index in [2.05, 4.69) is 4.98 Å². The van der Waals surface area contributed by atoms with Crippen LogP contribution in [0.4, 0.5) is 5.82 Å². The van der Waals surface area contributed by atoms with Crippen LogP contribution in [0.3, 0.4) is 0 Å². The van der Waals surface area contributed by atoms with Gasteiger partial charge in [0.15, 0.2) is 0 Å². The fraction of sp³-hybridized carbons (Fsp3) is 0.0870. The monoisotopic (exact) mass is 404 g/mol. The molecule has 2 aromatic carbocycles. The molecule has 144 valence electrons. The predicted molar refractivity (Wildman–Crippen MR) is 112 cm³/mol. The van der Waals surface area contributed by atoms with E-state index >= 15 is 0 Å². The summed E-state index contributed by atoms with van der Waals surface area (Å²) in [5, 5.41) is 11.4. The van der Waals surface area contributed by atoms with Gasteiger partial charge in [0.05, 0.1) is 11.6 Å². The second-order valence-corrected chi connectivity index (χ2v) is 7.15. The van der Waals surface area contributed by atoms with Crippen LogP contribution < -0.4 is 4.90 Å². The van der Waals surface area contributed by atoms with Crippen molar-refractivity contribution in [1.82, 2.24) is 4.98 Å². The molecular formula is C23H17ClN2O3. The number of pyridine rings is 1. The molecule has 0 unspecified atom stereocenters. The molecule has 1 aliphatic heterocycles. The molecule has 4 rings (SSSR count). The summed E-state index contributed by atoms with van der Waals surface area (Å²) in [4.78, 5) is 31.5. The lowest BCUT2D eigenvalue weighted by molar-refractivity contribution is -0.132. The maximum atomic E-state index is 13.0. The highest BCUT2D eigenvalue weighted by Crippen LogP contribution is 2.43. The normalized spacial score (nSPS) is 18.3. The standard InChI is InChI=1S/C23H17ClN2O3/c1-14-9-11-15(12-10-14)21(27)19-20(16-6-2-3-7-17(16)24)26(23(29)22(19)28)18-8-4-5-13-25-18/h2-13,20,27H,1H3/t20-/m1/s1. The SMILES string of the molecule is Cc1ccc(C(O)=C2C(=O)C(=O)N(c3ccccn3)[C@@H]2c2ccccc2Cl)cc1. The fourth-order valence-corrected chi connectivity index (χ4v) is 3.66. The van der Waals surface area contributed by atoms with Gasteiger partial charge in [-0.3, -0.25) is 14.5 Å². The highest BCUT2D eigenvalue weighted by molar-refractivity contribution is 6.51. The zero-order chi connectivity index (χ0) is 20.5. The van der Waals surface area contributed by atoms with Crippen LogP contribution in [0.1, 0.15) is 22.7 Å². The molecule has 3 aromatic rings. The van der Waals surface area contributed by atoms with E-state index in [0.29, 0.717) is 22.0 Å². The number of carbonyl (C=O) groups is 2. The maximum Gasteiger partial charge on any atom is 0.301 e. The first-order valence-electron chi connectivity index (χ1n) is 9.02. The highest BCUT2D eigenvalue weighted by Gasteiger charge is 2.48. The Morgan fingerprint density at radius 3 is 2.34 bits per heavy atom. The van der Waals surface area contributed by atoms with Crippen LogP contribution in [0, 0.1) is 6.92 Å². The van der Waals surface area contributed by atoms with Crippen molar-refractivity contribution < 1.29 is 14.7 Å². The van der Waals surface area contributed by atoms with Gasteiger partial charge in [-0.15, -0.1) is 0 Å². The van der Waals surface area contributed by atoms with Gasteiger partial charge in [-0.1, -0.05) is 65.7 Å². The third kappa shape index (κ3) is 3.30. The molecule has 0 saturated carbocycles. The highest BCUT2D eigenvalue weighted by atomic mass is 35.5. The number of anilines is 1. The summed E-state index contributed by atoms with van der Waals surface area (Å²) in [5.41, 5.74) is 1.98. The number of hydrogen-bond donors (Lipinski definition) is 1. The van der Waals surface area contributed by atoms with E-state index in [9.17, 15) is 14.7 Å². The molecule has 0 aliphatic carbocycles. The molecule has 1 fully saturated rings. The Kier molecular flexibility index (Phi) is 4.91. The number of benzene rings is 2. The lowest BCUT2D eigenvalue weighted by Crippen LogP contribution is -2.30. The quantitative estimate of drug-likeness (QED) is 0.391. The molecule has 29 heavy (non-hydrogen) atoms. The Bertz CT molecular complexity index is 1120. The van der Waals surface area contributed by atoms with Crippen molar-refractivity contribution in [3.05, 3.63) is 100 Å². The molecule has 5 nitrogen and oxygen atoms in total. The molecule has 1 aliphatic rings. The summed E-state index contributed by atoms with van der Waals surface area (Å²) in [6, 6.07) is 18.2. The van der Waals surface area contributed by atoms with Crippen molar-refractivity contribution in [3.63, 3.8) is 0 Å². The molecule has 1 N–H and O–H groups in total. The number of aromatic nitrogens is 1. The first-order chi connectivity index (χ1) is 14.0. The van der Waals surface area contributed by atoms with Crippen LogP contribution in [0.15, 0.2) is 78.5 Å². The number of carbonyl (C=O) groups excluding carboxylic acids is 2. The van der Waals surface area contributed by atoms with Gasteiger partial charge in [-0.2, -0.15) is 0 Å². The van der Waals surface area contributed by atoms with Crippen molar-refractivity contribution in [2.75, 3.05) is 4.90 Å². The number of halogens is 1. The van der Waals surface area contributed by atoms with Gasteiger partial charge in [0.1, 0.15) is 11.6 Å². The smallest absolute Gasteiger partial charge is 0.301 e. The average molecular weight is 405 g/mol. The van der Waals surface area contributed by atoms with E-state index in [4.69, 9.17) is 11.6 Å². The van der Waals surface area contributed by atoms with Gasteiger partial charge < -0.3 is 5.11 Å². The minimum atomic E-state index is -0.889. The van der Waals surface area contributed by atoms with Crippen molar-refractivity contribution in [1.29, 1.82) is 0 Å². The van der Waals surface area contributed by atoms with Gasteiger partial charge >= 0.3 is 5.91 Å². The summed E-state index contributed by atoms with van der Waals surface area (Å²) in [7, 11) is 0. The van der Waals surface area contributed by atoms with Crippen molar-refractivity contribution in [3.8, 4) is 0 Å². The van der Waals surface area contributed by atoms with Gasteiger partial charge in [-0.05, 0) is 30.7 Å². The number of aliphatic hydroxyl groups is 1. The maximum absolute atomic E-state index is 13.0. The van der Waals surface area contributed by atoms with Gasteiger partial charge in [0, 0.05) is 16.8 Å². The molecule has 1 saturated heterocycles. The fourth-order valence-electron chi connectivity index (χ4n) is 3.42. The molecule has 0 radical (unpaired) electrons. The number of hydrogen-bond acceptors (Lipinski definition) is 4. The zero-order valence-corrected chi connectivity index (χ0v) is 16.3. The third-order valence-electron chi connectivity index (χ3n) is 4.87. The summed E-state index contributed by atoms with van der Waals surface area (Å²) in [6.07, 6.45) is 1.54. The second kappa shape index (κ2) is 7.53. The average Bonchev–Trinajstić information content (AvgIpc) is 3.00. The van der Waals surface area contributed by atoms with Crippen LogP contribution in [-0.4, -0.2) is 21.8 Å². The minimum absolute atomic E-state index is 0.0161. The second-order valence-electron chi connectivity index (χ2n) is 6.74. The van der Waals surface area contributed by atoms with Crippen molar-refractivity contribution >= 4 is 34.9 Å². The van der Waals surface area contributed by atoms with Gasteiger partial charge in [0.2, 0.25) is 0 Å². The Balaban J connectivity index is 1.97. The topological polar surface area (TPSA) is 70.5 Å². The molecule has 2 heterocycles. The van der Waals surface area contributed by atoms with Crippen LogP contribution in [-0.2, 0) is 9.59 Å². The number of rotatable bonds is 3. The number of aliphatic hydroxyl groups excluding tert-OH is 1. The lowest BCUT2D eigenvalue weighted by atomic mass is 9.95. The lowest BCUT2D eigenvalue weighted by Gasteiger charge is -2.25. The molecule has 0 bridgehead atoms. The van der Waals surface area contributed by atoms with Gasteiger partial charge in [0.25, 0.3) is 5.78 Å². The van der Waals surface area contributed by atoms with E-state index in [1.165, 1.54) is 11.1 Å². The van der Waals surface area contributed by atoms with E-state index < -0.39 is 17.7 Å². The third-order valence-corrected chi connectivity index (χ3v) is 5.21. The van der Waals surface area contributed by atoms with Crippen LogP contribution in [0.5, 0.6) is 0 Å². The summed E-state index contributed by atoms with van der Waals surface area (Å²) in [5.74, 6) is -1.48. The Morgan fingerprint density at radius 1 is 1.00 bits per heavy atom. The van der Waals surface area contributed by atoms with Crippen LogP contribution >= 0.6 is 11.6 Å². The van der Waals surface area contributed by atoms with E-state index in [-0.39, 0.29) is 11.3 Å². The van der Waals surface area contributed by atoms with E-state index in [1.54, 1.807) is 54.6 Å².